The van der Waals surface area contributed by atoms with Crippen molar-refractivity contribution < 1.29 is 10.2 Å². The molecule has 0 unspecified atom stereocenters. The van der Waals surface area contributed by atoms with Gasteiger partial charge >= 0.3 is 0 Å². The number of nitrogens with one attached hydrogen (secondary N) is 1. The van der Waals surface area contributed by atoms with Gasteiger partial charge in [0, 0.05) is 37.8 Å². The fourth-order valence-electron chi connectivity index (χ4n) is 3.25. The fraction of sp³-hybridized carbons (Fsp3) is 0.600. The van der Waals surface area contributed by atoms with E-state index in [2.05, 4.69) is 10.2 Å². The van der Waals surface area contributed by atoms with Gasteiger partial charge in [0.25, 0.3) is 0 Å². The van der Waals surface area contributed by atoms with E-state index in [-0.39, 0.29) is 42.4 Å². The van der Waals surface area contributed by atoms with Gasteiger partial charge < -0.3 is 15.5 Å². The molecule has 0 spiro atoms. The summed E-state index contributed by atoms with van der Waals surface area (Å²) in [7, 11) is 0. The number of piperazine rings is 1. The molecule has 1 aromatic rings. The molecular weight excluding hydrogens is 311 g/mol. The number of phenols is 2. The minimum atomic E-state index is -0.00282. The molecule has 120 valence electrons. The first-order valence-corrected chi connectivity index (χ1v) is 7.23. The van der Waals surface area contributed by atoms with E-state index in [0.717, 1.165) is 31.7 Å². The van der Waals surface area contributed by atoms with Gasteiger partial charge in [-0.3, -0.25) is 4.90 Å². The molecule has 0 radical (unpaired) electrons. The van der Waals surface area contributed by atoms with E-state index in [1.54, 1.807) is 6.07 Å². The van der Waals surface area contributed by atoms with Crippen LogP contribution in [0.2, 0.25) is 0 Å². The highest BCUT2D eigenvalue weighted by Crippen LogP contribution is 2.45. The molecule has 1 atom stereocenters. The van der Waals surface area contributed by atoms with E-state index in [1.807, 2.05) is 12.1 Å². The summed E-state index contributed by atoms with van der Waals surface area (Å²) in [5.41, 5.74) is 0.895. The van der Waals surface area contributed by atoms with E-state index in [9.17, 15) is 10.2 Å². The minimum Gasteiger partial charge on any atom is -0.504 e. The molecule has 1 heterocycles. The topological polar surface area (TPSA) is 55.7 Å². The van der Waals surface area contributed by atoms with Gasteiger partial charge in [0.2, 0.25) is 0 Å². The Morgan fingerprint density at radius 1 is 1.10 bits per heavy atom. The lowest BCUT2D eigenvalue weighted by atomic mass is 9.76. The van der Waals surface area contributed by atoms with E-state index >= 15 is 0 Å². The van der Waals surface area contributed by atoms with Gasteiger partial charge in [0.15, 0.2) is 11.5 Å². The zero-order chi connectivity index (χ0) is 13.2. The van der Waals surface area contributed by atoms with E-state index in [1.165, 1.54) is 19.3 Å². The highest BCUT2D eigenvalue weighted by Gasteiger charge is 2.35. The minimum absolute atomic E-state index is 0. The molecule has 1 saturated heterocycles. The van der Waals surface area contributed by atoms with Crippen molar-refractivity contribution in [2.75, 3.05) is 26.2 Å². The molecule has 0 amide bonds. The van der Waals surface area contributed by atoms with Crippen LogP contribution in [0.4, 0.5) is 0 Å². The van der Waals surface area contributed by atoms with Gasteiger partial charge in [0.05, 0.1) is 0 Å². The summed E-state index contributed by atoms with van der Waals surface area (Å²) < 4.78 is 0. The van der Waals surface area contributed by atoms with Crippen LogP contribution in [0.5, 0.6) is 11.5 Å². The number of rotatable bonds is 3. The van der Waals surface area contributed by atoms with Crippen LogP contribution in [-0.2, 0) is 0 Å². The number of para-hydroxylation sites is 1. The third-order valence-electron chi connectivity index (χ3n) is 4.51. The Kier molecular flexibility index (Phi) is 7.07. The molecule has 0 aromatic heterocycles. The quantitative estimate of drug-likeness (QED) is 0.744. The van der Waals surface area contributed by atoms with Crippen molar-refractivity contribution in [3.05, 3.63) is 23.8 Å². The lowest BCUT2D eigenvalue weighted by Crippen LogP contribution is -2.47. The van der Waals surface area contributed by atoms with Crippen LogP contribution < -0.4 is 5.32 Å². The molecule has 6 heteroatoms. The van der Waals surface area contributed by atoms with Crippen LogP contribution in [0.15, 0.2) is 18.2 Å². The van der Waals surface area contributed by atoms with Crippen molar-refractivity contribution in [1.29, 1.82) is 0 Å². The van der Waals surface area contributed by atoms with Gasteiger partial charge in [-0.15, -0.1) is 24.8 Å². The first-order chi connectivity index (χ1) is 9.27. The predicted octanol–water partition coefficient (Wildman–Crippen LogP) is 2.69. The Labute approximate surface area is 138 Å². The first kappa shape index (κ1) is 18.4. The summed E-state index contributed by atoms with van der Waals surface area (Å²) in [6.45, 7) is 4.03. The molecular formula is C15H24Cl2N2O2. The van der Waals surface area contributed by atoms with Crippen molar-refractivity contribution in [1.82, 2.24) is 10.2 Å². The third-order valence-corrected chi connectivity index (χ3v) is 4.51. The predicted molar refractivity (Wildman–Crippen MR) is 88.8 cm³/mol. The number of phenolic OH excluding ortho intramolecular Hbond substituents is 2. The van der Waals surface area contributed by atoms with Gasteiger partial charge in [-0.25, -0.2) is 0 Å². The first-order valence-electron chi connectivity index (χ1n) is 7.23. The Morgan fingerprint density at radius 3 is 2.33 bits per heavy atom. The summed E-state index contributed by atoms with van der Waals surface area (Å²) in [5.74, 6) is 0.681. The molecule has 1 aliphatic heterocycles. The Morgan fingerprint density at radius 2 is 1.76 bits per heavy atom. The maximum Gasteiger partial charge on any atom is 0.162 e. The third kappa shape index (κ3) is 3.75. The highest BCUT2D eigenvalue weighted by molar-refractivity contribution is 5.85. The van der Waals surface area contributed by atoms with Crippen molar-refractivity contribution >= 4 is 24.8 Å². The molecule has 2 aliphatic rings. The fourth-order valence-corrected chi connectivity index (χ4v) is 3.25. The number of hydrogen-bond acceptors (Lipinski definition) is 4. The van der Waals surface area contributed by atoms with Crippen LogP contribution in [-0.4, -0.2) is 41.3 Å². The Balaban J connectivity index is 0.00000110. The van der Waals surface area contributed by atoms with Crippen LogP contribution >= 0.6 is 24.8 Å². The summed E-state index contributed by atoms with van der Waals surface area (Å²) in [5, 5.41) is 23.3. The van der Waals surface area contributed by atoms with Gasteiger partial charge in [0.1, 0.15) is 0 Å². The SMILES string of the molecule is Cl.Cl.Oc1cccc([C@H](C2CCC2)N2CCNCC2)c1O. The maximum atomic E-state index is 10.2. The highest BCUT2D eigenvalue weighted by atomic mass is 35.5. The van der Waals surface area contributed by atoms with E-state index < -0.39 is 0 Å². The summed E-state index contributed by atoms with van der Waals surface area (Å²) in [6.07, 6.45) is 3.74. The van der Waals surface area contributed by atoms with Gasteiger partial charge in [-0.05, 0) is 24.8 Å². The largest absolute Gasteiger partial charge is 0.504 e. The zero-order valence-electron chi connectivity index (χ0n) is 12.0. The monoisotopic (exact) mass is 334 g/mol. The van der Waals surface area contributed by atoms with Crippen molar-refractivity contribution in [2.45, 2.75) is 25.3 Å². The molecule has 21 heavy (non-hydrogen) atoms. The second-order valence-electron chi connectivity index (χ2n) is 5.64. The standard InChI is InChI=1S/C15H22N2O2.2ClH/c18-13-6-2-5-12(15(13)19)14(11-3-1-4-11)17-9-7-16-8-10-17;;/h2,5-6,11,14,16,18-19H,1,3-4,7-10H2;2*1H/t14-;;/m0../s1. The molecule has 1 aromatic carbocycles. The number of aromatic hydroxyl groups is 2. The molecule has 3 N–H and O–H groups in total. The van der Waals surface area contributed by atoms with Crippen molar-refractivity contribution in [3.63, 3.8) is 0 Å². The number of halogens is 2. The number of benzene rings is 1. The normalized spacial score (nSPS) is 20.8. The number of hydrogen-bond donors (Lipinski definition) is 3. The second kappa shape index (κ2) is 8.08. The Hall–Kier alpha value is -0.680. The van der Waals surface area contributed by atoms with Crippen LogP contribution in [0, 0.1) is 5.92 Å². The maximum absolute atomic E-state index is 10.2. The lowest BCUT2D eigenvalue weighted by Gasteiger charge is -2.43. The van der Waals surface area contributed by atoms with Crippen molar-refractivity contribution in [2.24, 2.45) is 5.92 Å². The summed E-state index contributed by atoms with van der Waals surface area (Å²) in [4.78, 5) is 2.45. The molecule has 1 saturated carbocycles. The average Bonchev–Trinajstić information content (AvgIpc) is 2.38. The summed E-state index contributed by atoms with van der Waals surface area (Å²) >= 11 is 0. The lowest BCUT2D eigenvalue weighted by molar-refractivity contribution is 0.0816. The molecule has 1 aliphatic carbocycles. The van der Waals surface area contributed by atoms with Crippen LogP contribution in [0.1, 0.15) is 30.9 Å². The van der Waals surface area contributed by atoms with Crippen LogP contribution in [0.25, 0.3) is 0 Å². The molecule has 0 bridgehead atoms. The van der Waals surface area contributed by atoms with Crippen molar-refractivity contribution in [3.8, 4) is 11.5 Å². The second-order valence-corrected chi connectivity index (χ2v) is 5.64. The number of nitrogens with zero attached hydrogens (tertiary/aromatic N) is 1. The average molecular weight is 335 g/mol. The van der Waals surface area contributed by atoms with Gasteiger partial charge in [-0.1, -0.05) is 18.6 Å². The van der Waals surface area contributed by atoms with E-state index in [4.69, 9.17) is 0 Å². The smallest absolute Gasteiger partial charge is 0.162 e. The van der Waals surface area contributed by atoms with E-state index in [0.29, 0.717) is 5.92 Å². The molecule has 4 nitrogen and oxygen atoms in total. The Bertz CT molecular complexity index is 449. The molecule has 2 fully saturated rings. The van der Waals surface area contributed by atoms with Gasteiger partial charge in [-0.2, -0.15) is 0 Å². The summed E-state index contributed by atoms with van der Waals surface area (Å²) in [6, 6.07) is 5.59. The molecule has 3 rings (SSSR count). The van der Waals surface area contributed by atoms with Crippen LogP contribution in [0.3, 0.4) is 0 Å². The zero-order valence-corrected chi connectivity index (χ0v) is 13.6.